The van der Waals surface area contributed by atoms with Crippen LogP contribution in [0.2, 0.25) is 0 Å². The number of unbranched alkanes of at least 4 members (excludes halogenated alkanes) is 1. The number of ether oxygens (including phenoxy) is 10. The maximum atomic E-state index is 11.3. The Hall–Kier alpha value is -2.59. The lowest BCUT2D eigenvalue weighted by molar-refractivity contribution is -0.138. The number of carbonyl (C=O) groups is 1. The zero-order valence-electron chi connectivity index (χ0n) is 30.3. The van der Waals surface area contributed by atoms with Crippen LogP contribution in [-0.4, -0.2) is 166 Å². The van der Waals surface area contributed by atoms with Gasteiger partial charge in [-0.1, -0.05) is 6.42 Å². The van der Waals surface area contributed by atoms with Gasteiger partial charge in [-0.3, -0.25) is 9.69 Å². The van der Waals surface area contributed by atoms with Crippen LogP contribution in [0.4, 0.5) is 0 Å². The summed E-state index contributed by atoms with van der Waals surface area (Å²) in [6.45, 7) is 9.30. The van der Waals surface area contributed by atoms with Gasteiger partial charge in [0, 0.05) is 24.8 Å². The van der Waals surface area contributed by atoms with Crippen LogP contribution in [0.1, 0.15) is 30.9 Å². The summed E-state index contributed by atoms with van der Waals surface area (Å²) >= 11 is 0. The number of nitrogens with zero attached hydrogens (tertiary/aromatic N) is 5. The average Bonchev–Trinajstić information content (AvgIpc) is 3.77. The van der Waals surface area contributed by atoms with E-state index < -0.39 is 12.0 Å². The average molecular weight is 743 g/mol. The first-order chi connectivity index (χ1) is 25.6. The largest absolute Gasteiger partial charge is 0.480 e. The number of carboxylic acids is 1. The van der Waals surface area contributed by atoms with Gasteiger partial charge in [-0.15, -0.1) is 0 Å². The molecule has 2 aromatic heterocycles. The lowest BCUT2D eigenvalue weighted by atomic mass is 10.1. The van der Waals surface area contributed by atoms with Crippen molar-refractivity contribution in [1.82, 2.24) is 24.0 Å². The highest BCUT2D eigenvalue weighted by Gasteiger charge is 2.20. The minimum Gasteiger partial charge on any atom is -0.480 e. The van der Waals surface area contributed by atoms with Crippen molar-refractivity contribution in [1.29, 1.82) is 0 Å². The van der Waals surface area contributed by atoms with Crippen LogP contribution < -0.4 is 5.73 Å². The van der Waals surface area contributed by atoms with Gasteiger partial charge in [0.2, 0.25) is 0 Å². The maximum Gasteiger partial charge on any atom is 0.320 e. The third-order valence-corrected chi connectivity index (χ3v) is 8.28. The molecule has 3 atom stereocenters. The van der Waals surface area contributed by atoms with Gasteiger partial charge in [-0.2, -0.15) is 0 Å². The number of hydrogen-bond donors (Lipinski definition) is 2. The van der Waals surface area contributed by atoms with Crippen molar-refractivity contribution in [2.75, 3.05) is 113 Å². The molecule has 0 radical (unpaired) electrons. The number of rotatable bonds is 14. The van der Waals surface area contributed by atoms with Crippen molar-refractivity contribution in [3.8, 4) is 0 Å². The molecule has 2 aliphatic heterocycles. The van der Waals surface area contributed by atoms with Gasteiger partial charge in [-0.05, 0) is 19.4 Å². The van der Waals surface area contributed by atoms with E-state index in [0.29, 0.717) is 138 Å². The van der Waals surface area contributed by atoms with Gasteiger partial charge < -0.3 is 67.3 Å². The van der Waals surface area contributed by atoms with Gasteiger partial charge in [0.05, 0.1) is 131 Å². The number of aliphatic carboxylic acids is 1. The van der Waals surface area contributed by atoms with E-state index in [0.717, 1.165) is 18.1 Å². The molecule has 0 aliphatic carbocycles. The number of imidazole rings is 2. The summed E-state index contributed by atoms with van der Waals surface area (Å²) in [5.41, 5.74) is 5.78. The number of nitrogens with two attached hydrogens (primary N) is 1. The van der Waals surface area contributed by atoms with Crippen molar-refractivity contribution < 1.29 is 57.3 Å². The van der Waals surface area contributed by atoms with Crippen LogP contribution >= 0.6 is 0 Å². The third-order valence-electron chi connectivity index (χ3n) is 8.28. The number of aromatic nitrogens is 4. The fourth-order valence-electron chi connectivity index (χ4n) is 5.52. The van der Waals surface area contributed by atoms with E-state index in [1.54, 1.807) is 12.4 Å². The summed E-state index contributed by atoms with van der Waals surface area (Å²) < 4.78 is 61.2. The minimum absolute atomic E-state index is 0.150. The highest BCUT2D eigenvalue weighted by molar-refractivity contribution is 5.72. The Balaban J connectivity index is 1.40. The number of carboxylic acid groups (broad SMARTS) is 1. The summed E-state index contributed by atoms with van der Waals surface area (Å²) in [6, 6.07) is -0.886. The Morgan fingerprint density at radius 2 is 1.13 bits per heavy atom. The van der Waals surface area contributed by atoms with E-state index in [9.17, 15) is 9.90 Å². The molecule has 2 saturated heterocycles. The van der Waals surface area contributed by atoms with Gasteiger partial charge in [0.25, 0.3) is 0 Å². The zero-order chi connectivity index (χ0) is 36.5. The molecule has 18 heteroatoms. The van der Waals surface area contributed by atoms with Crippen LogP contribution in [0.15, 0.2) is 24.8 Å². The Morgan fingerprint density at radius 1 is 0.692 bits per heavy atom. The number of hydrogen-bond acceptors (Lipinski definition) is 15. The van der Waals surface area contributed by atoms with Gasteiger partial charge in [-0.25, -0.2) is 9.97 Å². The lowest BCUT2D eigenvalue weighted by Crippen LogP contribution is -2.32. The van der Waals surface area contributed by atoms with Gasteiger partial charge in [0.1, 0.15) is 31.3 Å². The predicted molar refractivity (Wildman–Crippen MR) is 184 cm³/mol. The van der Waals surface area contributed by atoms with Crippen LogP contribution in [-0.2, 0) is 78.3 Å². The third kappa shape index (κ3) is 17.5. The second-order valence-electron chi connectivity index (χ2n) is 12.4. The fraction of sp³-hybridized carbons (Fsp3) is 0.794. The molecular weight excluding hydrogens is 684 g/mol. The van der Waals surface area contributed by atoms with E-state index in [-0.39, 0.29) is 25.8 Å². The molecule has 3 unspecified atom stereocenters. The Bertz CT molecular complexity index is 1100. The van der Waals surface area contributed by atoms with Crippen molar-refractivity contribution in [3.05, 3.63) is 36.4 Å². The summed E-state index contributed by atoms with van der Waals surface area (Å²) in [6.07, 6.45) is 8.73. The molecule has 2 fully saturated rings. The first kappa shape index (κ1) is 42.2. The Kier molecular flexibility index (Phi) is 21.3. The van der Waals surface area contributed by atoms with Crippen molar-refractivity contribution in [2.24, 2.45) is 5.73 Å². The smallest absolute Gasteiger partial charge is 0.320 e. The lowest BCUT2D eigenvalue weighted by Gasteiger charge is -2.25. The molecule has 3 N–H and O–H groups in total. The summed E-state index contributed by atoms with van der Waals surface area (Å²) in [5, 5.41) is 9.26. The summed E-state index contributed by atoms with van der Waals surface area (Å²) in [5.74, 6) is 0.704. The van der Waals surface area contributed by atoms with E-state index in [2.05, 4.69) is 14.0 Å². The second kappa shape index (κ2) is 26.2. The SMILES string of the molecule is NC(CCCCN(Cc1nccn1CC1COCOCCOCCOCCO1)Cc1nccn1CC1COCOCCOCCOCCO1)C(=O)O. The summed E-state index contributed by atoms with van der Waals surface area (Å²) in [7, 11) is 0. The van der Waals surface area contributed by atoms with Crippen molar-refractivity contribution in [3.63, 3.8) is 0 Å². The molecule has 0 saturated carbocycles. The maximum absolute atomic E-state index is 11.3. The highest BCUT2D eigenvalue weighted by atomic mass is 16.7. The fourth-order valence-corrected chi connectivity index (χ4v) is 5.52. The Morgan fingerprint density at radius 3 is 1.60 bits per heavy atom. The molecule has 2 aromatic rings. The summed E-state index contributed by atoms with van der Waals surface area (Å²) in [4.78, 5) is 23.0. The molecule has 296 valence electrons. The van der Waals surface area contributed by atoms with Crippen molar-refractivity contribution >= 4 is 5.97 Å². The van der Waals surface area contributed by atoms with Crippen LogP contribution in [0.25, 0.3) is 0 Å². The van der Waals surface area contributed by atoms with E-state index >= 15 is 0 Å². The van der Waals surface area contributed by atoms with Gasteiger partial charge in [0.15, 0.2) is 0 Å². The van der Waals surface area contributed by atoms with E-state index in [4.69, 9.17) is 63.1 Å². The topological polar surface area (TPSA) is 194 Å². The van der Waals surface area contributed by atoms with E-state index in [1.165, 1.54) is 0 Å². The molecule has 0 aromatic carbocycles. The van der Waals surface area contributed by atoms with E-state index in [1.807, 2.05) is 12.4 Å². The molecule has 2 aliphatic rings. The quantitative estimate of drug-likeness (QED) is 0.254. The normalized spacial score (nSPS) is 22.3. The van der Waals surface area contributed by atoms with Crippen LogP contribution in [0.3, 0.4) is 0 Å². The molecule has 0 bridgehead atoms. The predicted octanol–water partition coefficient (Wildman–Crippen LogP) is 0.509. The molecule has 52 heavy (non-hydrogen) atoms. The Labute approximate surface area is 305 Å². The highest BCUT2D eigenvalue weighted by Crippen LogP contribution is 2.14. The van der Waals surface area contributed by atoms with Crippen LogP contribution in [0.5, 0.6) is 0 Å². The molecular formula is C34H58N6O12. The zero-order valence-corrected chi connectivity index (χ0v) is 30.3. The molecule has 4 rings (SSSR count). The second-order valence-corrected chi connectivity index (χ2v) is 12.4. The van der Waals surface area contributed by atoms with Crippen molar-refractivity contribution in [2.45, 2.75) is 63.7 Å². The first-order valence-electron chi connectivity index (χ1n) is 18.1. The molecule has 4 heterocycles. The minimum atomic E-state index is -0.992. The molecule has 18 nitrogen and oxygen atoms in total. The standard InChI is InChI=1S/C34H58N6O12/c35-31(34(41)42)3-1-2-6-38(23-32-36-4-7-39(32)21-29-25-49-27-47-15-13-43-9-11-45-17-19-51-29)24-33-37-5-8-40(33)22-30-26-50-28-48-16-14-44-10-12-46-18-20-52-30/h4-5,7-8,29-31H,1-3,6,9-28,35H2,(H,41,42). The molecule has 0 spiro atoms. The van der Waals surface area contributed by atoms with Crippen LogP contribution in [0, 0.1) is 0 Å². The molecule has 0 amide bonds. The van der Waals surface area contributed by atoms with Gasteiger partial charge >= 0.3 is 5.97 Å². The first-order valence-corrected chi connectivity index (χ1v) is 18.1. The monoisotopic (exact) mass is 742 g/mol.